The molecule has 1 aliphatic carbocycles. The molecule has 1 aromatic rings. The van der Waals surface area contributed by atoms with E-state index in [0.29, 0.717) is 11.3 Å². The zero-order valence-electron chi connectivity index (χ0n) is 10.3. The second-order valence-electron chi connectivity index (χ2n) is 4.38. The van der Waals surface area contributed by atoms with E-state index in [2.05, 4.69) is 5.32 Å². The number of carbonyl (C=O) groups excluding carboxylic acids is 1. The highest BCUT2D eigenvalue weighted by Crippen LogP contribution is 2.18. The van der Waals surface area contributed by atoms with E-state index in [4.69, 9.17) is 9.84 Å². The lowest BCUT2D eigenvalue weighted by Crippen LogP contribution is -2.32. The predicted octanol–water partition coefficient (Wildman–Crippen LogP) is 1.36. The van der Waals surface area contributed by atoms with Crippen molar-refractivity contribution in [1.82, 2.24) is 5.32 Å². The number of rotatable bonds is 4. The van der Waals surface area contributed by atoms with E-state index in [-0.39, 0.29) is 24.5 Å². The van der Waals surface area contributed by atoms with Crippen molar-refractivity contribution >= 4 is 5.91 Å². The molecule has 1 aromatic carbocycles. The first-order chi connectivity index (χ1) is 8.72. The Morgan fingerprint density at radius 1 is 1.50 bits per heavy atom. The van der Waals surface area contributed by atoms with Crippen LogP contribution in [0.2, 0.25) is 0 Å². The maximum Gasteiger partial charge on any atom is 0.251 e. The molecule has 0 aliphatic heterocycles. The van der Waals surface area contributed by atoms with E-state index >= 15 is 0 Å². The van der Waals surface area contributed by atoms with Crippen molar-refractivity contribution in [3.05, 3.63) is 42.0 Å². The van der Waals surface area contributed by atoms with Gasteiger partial charge < -0.3 is 15.2 Å². The second kappa shape index (κ2) is 5.69. The fourth-order valence-electron chi connectivity index (χ4n) is 2.03. The van der Waals surface area contributed by atoms with E-state index < -0.39 is 0 Å². The highest BCUT2D eigenvalue weighted by Gasteiger charge is 2.20. The molecule has 0 aromatic heterocycles. The highest BCUT2D eigenvalue weighted by atomic mass is 16.5. The first kappa shape index (κ1) is 12.6. The van der Waals surface area contributed by atoms with Crippen molar-refractivity contribution in [1.29, 1.82) is 0 Å². The molecule has 4 heteroatoms. The van der Waals surface area contributed by atoms with Crippen molar-refractivity contribution in [2.45, 2.75) is 12.5 Å². The van der Waals surface area contributed by atoms with Gasteiger partial charge in [0.15, 0.2) is 0 Å². The SMILES string of the molecule is COc1cccc(C(=O)N[C@@H]2C=C[C@H](CO)C2)c1. The van der Waals surface area contributed by atoms with Gasteiger partial charge in [0, 0.05) is 24.1 Å². The molecule has 1 aliphatic rings. The molecule has 96 valence electrons. The molecular formula is C14H17NO3. The van der Waals surface area contributed by atoms with E-state index in [1.165, 1.54) is 0 Å². The minimum absolute atomic E-state index is 0.000788. The molecular weight excluding hydrogens is 230 g/mol. The van der Waals surface area contributed by atoms with Gasteiger partial charge in [0.1, 0.15) is 5.75 Å². The van der Waals surface area contributed by atoms with Crippen molar-refractivity contribution in [3.8, 4) is 5.75 Å². The topological polar surface area (TPSA) is 58.6 Å². The zero-order chi connectivity index (χ0) is 13.0. The quantitative estimate of drug-likeness (QED) is 0.790. The Hall–Kier alpha value is -1.81. The molecule has 0 radical (unpaired) electrons. The molecule has 2 rings (SSSR count). The molecule has 0 bridgehead atoms. The summed E-state index contributed by atoms with van der Waals surface area (Å²) in [7, 11) is 1.57. The third-order valence-electron chi connectivity index (χ3n) is 3.06. The second-order valence-corrected chi connectivity index (χ2v) is 4.38. The van der Waals surface area contributed by atoms with E-state index in [1.54, 1.807) is 31.4 Å². The fraction of sp³-hybridized carbons (Fsp3) is 0.357. The van der Waals surface area contributed by atoms with Gasteiger partial charge >= 0.3 is 0 Å². The van der Waals surface area contributed by atoms with E-state index in [0.717, 1.165) is 6.42 Å². The number of ether oxygens (including phenoxy) is 1. The molecule has 0 spiro atoms. The zero-order valence-corrected chi connectivity index (χ0v) is 10.3. The van der Waals surface area contributed by atoms with Gasteiger partial charge in [0.25, 0.3) is 5.91 Å². The molecule has 0 fully saturated rings. The molecule has 4 nitrogen and oxygen atoms in total. The van der Waals surface area contributed by atoms with Gasteiger partial charge in [0.05, 0.1) is 7.11 Å². The number of benzene rings is 1. The van der Waals surface area contributed by atoms with Gasteiger partial charge in [-0.05, 0) is 24.6 Å². The third kappa shape index (κ3) is 2.90. The minimum Gasteiger partial charge on any atom is -0.497 e. The monoisotopic (exact) mass is 247 g/mol. The average Bonchev–Trinajstić information content (AvgIpc) is 2.86. The number of carbonyl (C=O) groups is 1. The molecule has 18 heavy (non-hydrogen) atoms. The number of hydrogen-bond donors (Lipinski definition) is 2. The Bertz CT molecular complexity index is 456. The van der Waals surface area contributed by atoms with Crippen molar-refractivity contribution in [2.75, 3.05) is 13.7 Å². The van der Waals surface area contributed by atoms with Crippen LogP contribution in [-0.4, -0.2) is 30.8 Å². The lowest BCUT2D eigenvalue weighted by molar-refractivity contribution is 0.0940. The standard InChI is InChI=1S/C14H17NO3/c1-18-13-4-2-3-11(8-13)14(17)15-12-6-5-10(7-12)9-16/h2-6,8,10,12,16H,7,9H2,1H3,(H,15,17)/t10-,12+/m0/s1. The number of aliphatic hydroxyl groups is 1. The number of nitrogens with one attached hydrogen (secondary N) is 1. The molecule has 0 saturated carbocycles. The van der Waals surface area contributed by atoms with Crippen molar-refractivity contribution in [3.63, 3.8) is 0 Å². The van der Waals surface area contributed by atoms with Crippen LogP contribution in [0, 0.1) is 5.92 Å². The Morgan fingerprint density at radius 2 is 2.33 bits per heavy atom. The molecule has 1 amide bonds. The van der Waals surface area contributed by atoms with E-state index in [1.807, 2.05) is 12.2 Å². The van der Waals surface area contributed by atoms with Crippen molar-refractivity contribution in [2.24, 2.45) is 5.92 Å². The number of amides is 1. The summed E-state index contributed by atoms with van der Waals surface area (Å²) in [5.41, 5.74) is 0.579. The van der Waals surface area contributed by atoms with Gasteiger partial charge in [-0.25, -0.2) is 0 Å². The molecule has 2 atom stereocenters. The van der Waals surface area contributed by atoms with Crippen molar-refractivity contribution < 1.29 is 14.6 Å². The molecule has 0 saturated heterocycles. The lowest BCUT2D eigenvalue weighted by atomic mass is 10.1. The molecule has 2 N–H and O–H groups in total. The number of hydrogen-bond acceptors (Lipinski definition) is 3. The van der Waals surface area contributed by atoms with Gasteiger partial charge in [-0.3, -0.25) is 4.79 Å². The Kier molecular flexibility index (Phi) is 3.99. The number of methoxy groups -OCH3 is 1. The van der Waals surface area contributed by atoms with Crippen LogP contribution in [0.4, 0.5) is 0 Å². The molecule has 0 unspecified atom stereocenters. The van der Waals surface area contributed by atoms with Crippen LogP contribution in [0.25, 0.3) is 0 Å². The highest BCUT2D eigenvalue weighted by molar-refractivity contribution is 5.94. The summed E-state index contributed by atoms with van der Waals surface area (Å²) in [4.78, 5) is 12.0. The summed E-state index contributed by atoms with van der Waals surface area (Å²) in [5.74, 6) is 0.695. The Morgan fingerprint density at radius 3 is 3.00 bits per heavy atom. The Balaban J connectivity index is 1.98. The van der Waals surface area contributed by atoms with Crippen LogP contribution in [0.5, 0.6) is 5.75 Å². The van der Waals surface area contributed by atoms with Crippen LogP contribution >= 0.6 is 0 Å². The van der Waals surface area contributed by atoms with Crippen LogP contribution < -0.4 is 10.1 Å². The summed E-state index contributed by atoms with van der Waals surface area (Å²) in [5, 5.41) is 11.9. The summed E-state index contributed by atoms with van der Waals surface area (Å²) < 4.78 is 5.08. The largest absolute Gasteiger partial charge is 0.497 e. The summed E-state index contributed by atoms with van der Waals surface area (Å²) in [6.07, 6.45) is 4.63. The van der Waals surface area contributed by atoms with Gasteiger partial charge in [-0.15, -0.1) is 0 Å². The maximum atomic E-state index is 12.0. The van der Waals surface area contributed by atoms with Gasteiger partial charge in [0.2, 0.25) is 0 Å². The van der Waals surface area contributed by atoms with Crippen LogP contribution in [-0.2, 0) is 0 Å². The fourth-order valence-corrected chi connectivity index (χ4v) is 2.03. The van der Waals surface area contributed by atoms with Crippen LogP contribution in [0.15, 0.2) is 36.4 Å². The average molecular weight is 247 g/mol. The summed E-state index contributed by atoms with van der Waals surface area (Å²) in [6, 6.07) is 7.04. The van der Waals surface area contributed by atoms with Crippen LogP contribution in [0.1, 0.15) is 16.8 Å². The third-order valence-corrected chi connectivity index (χ3v) is 3.06. The lowest BCUT2D eigenvalue weighted by Gasteiger charge is -2.13. The normalized spacial score (nSPS) is 21.9. The predicted molar refractivity (Wildman–Crippen MR) is 68.6 cm³/mol. The van der Waals surface area contributed by atoms with Crippen LogP contribution in [0.3, 0.4) is 0 Å². The van der Waals surface area contributed by atoms with Gasteiger partial charge in [-0.1, -0.05) is 18.2 Å². The summed E-state index contributed by atoms with van der Waals surface area (Å²) >= 11 is 0. The first-order valence-corrected chi connectivity index (χ1v) is 5.97. The number of aliphatic hydroxyl groups excluding tert-OH is 1. The Labute approximate surface area is 106 Å². The molecule has 0 heterocycles. The smallest absolute Gasteiger partial charge is 0.251 e. The summed E-state index contributed by atoms with van der Waals surface area (Å²) in [6.45, 7) is 0.127. The first-order valence-electron chi connectivity index (χ1n) is 5.97. The van der Waals surface area contributed by atoms with Gasteiger partial charge in [-0.2, -0.15) is 0 Å². The minimum atomic E-state index is -0.123. The van der Waals surface area contributed by atoms with E-state index in [9.17, 15) is 4.79 Å². The maximum absolute atomic E-state index is 12.0.